The molecule has 4 aromatic carbocycles. The van der Waals surface area contributed by atoms with E-state index in [1.165, 1.54) is 42.5 Å². The van der Waals surface area contributed by atoms with Crippen LogP contribution in [0.4, 0.5) is 22.7 Å². The molecule has 0 unspecified atom stereocenters. The molecule has 0 aliphatic heterocycles. The number of azo groups is 1. The second-order valence-electron chi connectivity index (χ2n) is 8.82. The quantitative estimate of drug-likeness (QED) is 0.0242. The fourth-order valence-electron chi connectivity index (χ4n) is 4.12. The number of halogens is 2. The Morgan fingerprint density at radius 2 is 1.76 bits per heavy atom. The van der Waals surface area contributed by atoms with Crippen LogP contribution in [0.15, 0.2) is 68.6 Å². The molecule has 0 saturated heterocycles. The number of benzene rings is 4. The minimum absolute atomic E-state index is 0.0146. The number of rotatable bonds is 12. The van der Waals surface area contributed by atoms with E-state index >= 15 is 0 Å². The third-order valence-corrected chi connectivity index (χ3v) is 8.20. The number of ether oxygens (including phenoxy) is 2. The van der Waals surface area contributed by atoms with E-state index in [1.54, 1.807) is 13.8 Å². The van der Waals surface area contributed by atoms with Gasteiger partial charge in [0.25, 0.3) is 16.0 Å². The Kier molecular flexibility index (Phi) is 10.9. The summed E-state index contributed by atoms with van der Waals surface area (Å²) in [6.07, 6.45) is 0. The first-order valence-electron chi connectivity index (χ1n) is 12.7. The summed E-state index contributed by atoms with van der Waals surface area (Å²) < 4.78 is 50.6. The summed E-state index contributed by atoms with van der Waals surface area (Å²) in [7, 11) is -5.03. The average molecular weight is 700 g/mol. The molecule has 18 heteroatoms. The minimum atomic E-state index is -5.03. The molecule has 6 N–H and O–H groups in total. The lowest BCUT2D eigenvalue weighted by Gasteiger charge is -2.16. The highest BCUT2D eigenvalue weighted by Gasteiger charge is 2.25. The molecule has 0 heterocycles. The molecule has 0 aromatic heterocycles. The van der Waals surface area contributed by atoms with Crippen molar-refractivity contribution in [3.05, 3.63) is 64.1 Å². The lowest BCUT2D eigenvalue weighted by molar-refractivity contribution is -0.432. The molecule has 0 saturated carbocycles. The standard InChI is InChI=1S/C27H24Cl2N4O10S2/c1-3-40-20-12-18(21(41-4-2)11-17(20)30)32-33-25-22(45(37,38)39)9-13-8-14(44-43-42-36)10-19(23(13)26(25)34)31-27(35)15-6-5-7-16(28)24(15)29/h5-12,34,36H,3-4,30H2,1-2H3,(H,31,35)(H,37,38,39). The van der Waals surface area contributed by atoms with Crippen molar-refractivity contribution in [3.8, 4) is 17.2 Å². The van der Waals surface area contributed by atoms with Gasteiger partial charge in [0.2, 0.25) is 0 Å². The SMILES string of the molecule is CCOc1cc(N=Nc2c(S(=O)(=O)O)cc3cc(SOOO)cc(NC(=O)c4cccc(Cl)c4Cl)c3c2O)c(OCC)cc1N. The second-order valence-corrected chi connectivity index (χ2v) is 11.8. The highest BCUT2D eigenvalue weighted by molar-refractivity contribution is 7.94. The molecule has 0 bridgehead atoms. The van der Waals surface area contributed by atoms with Gasteiger partial charge in [0.1, 0.15) is 27.8 Å². The number of amides is 1. The Morgan fingerprint density at radius 3 is 2.42 bits per heavy atom. The number of carbonyl (C=O) groups excluding carboxylic acids is 1. The van der Waals surface area contributed by atoms with Crippen molar-refractivity contribution in [2.24, 2.45) is 10.2 Å². The minimum Gasteiger partial charge on any atom is -0.505 e. The highest BCUT2D eigenvalue weighted by Crippen LogP contribution is 2.47. The molecule has 0 aliphatic carbocycles. The third-order valence-electron chi connectivity index (χ3n) is 5.96. The fourth-order valence-corrected chi connectivity index (χ4v) is 5.62. The van der Waals surface area contributed by atoms with Crippen LogP contribution in [0.2, 0.25) is 10.0 Å². The average Bonchev–Trinajstić information content (AvgIpc) is 2.98. The number of hydrogen-bond donors (Lipinski definition) is 5. The molecule has 1 amide bonds. The Labute approximate surface area is 270 Å². The van der Waals surface area contributed by atoms with E-state index in [9.17, 15) is 22.9 Å². The van der Waals surface area contributed by atoms with Gasteiger partial charge in [-0.2, -0.15) is 8.42 Å². The summed E-state index contributed by atoms with van der Waals surface area (Å²) in [6, 6.07) is 10.9. The van der Waals surface area contributed by atoms with Crippen LogP contribution in [-0.4, -0.2) is 42.5 Å². The smallest absolute Gasteiger partial charge is 0.296 e. The number of anilines is 2. The van der Waals surface area contributed by atoms with E-state index in [0.717, 1.165) is 6.07 Å². The zero-order valence-corrected chi connectivity index (χ0v) is 26.4. The van der Waals surface area contributed by atoms with Crippen LogP contribution < -0.4 is 20.5 Å². The van der Waals surface area contributed by atoms with Crippen LogP contribution in [0.25, 0.3) is 10.8 Å². The summed E-state index contributed by atoms with van der Waals surface area (Å²) in [5, 5.41) is 34.3. The number of nitrogens with zero attached hydrogens (tertiary/aromatic N) is 2. The fraction of sp³-hybridized carbons (Fsp3) is 0.148. The molecule has 0 radical (unpaired) electrons. The molecule has 0 aliphatic rings. The van der Waals surface area contributed by atoms with Crippen molar-refractivity contribution < 1.29 is 47.0 Å². The summed E-state index contributed by atoms with van der Waals surface area (Å²) in [5.74, 6) is -1.12. The molecule has 45 heavy (non-hydrogen) atoms. The Hall–Kier alpha value is -3.87. The Balaban J connectivity index is 1.96. The van der Waals surface area contributed by atoms with E-state index in [2.05, 4.69) is 24.9 Å². The Bertz CT molecular complexity index is 1910. The van der Waals surface area contributed by atoms with Crippen molar-refractivity contribution in [2.45, 2.75) is 23.6 Å². The molecular formula is C27H24Cl2N4O10S2. The van der Waals surface area contributed by atoms with E-state index in [-0.39, 0.29) is 73.1 Å². The van der Waals surface area contributed by atoms with Gasteiger partial charge in [0.15, 0.2) is 5.75 Å². The molecule has 0 fully saturated rings. The zero-order chi connectivity index (χ0) is 32.9. The van der Waals surface area contributed by atoms with E-state index in [1.807, 2.05) is 0 Å². The van der Waals surface area contributed by atoms with Gasteiger partial charge in [-0.15, -0.1) is 14.6 Å². The van der Waals surface area contributed by atoms with Crippen LogP contribution in [0, 0.1) is 0 Å². The topological polar surface area (TPSA) is 212 Å². The molecule has 238 valence electrons. The van der Waals surface area contributed by atoms with Crippen LogP contribution >= 0.6 is 35.2 Å². The maximum absolute atomic E-state index is 13.2. The highest BCUT2D eigenvalue weighted by atomic mass is 35.5. The number of phenols is 1. The number of aromatic hydroxyl groups is 1. The van der Waals surface area contributed by atoms with Crippen molar-refractivity contribution >= 4 is 84.8 Å². The van der Waals surface area contributed by atoms with Gasteiger partial charge >= 0.3 is 0 Å². The summed E-state index contributed by atoms with van der Waals surface area (Å²) >= 11 is 12.8. The number of nitrogens with one attached hydrogen (secondary N) is 1. The maximum Gasteiger partial charge on any atom is 0.296 e. The van der Waals surface area contributed by atoms with Crippen molar-refractivity contribution in [1.82, 2.24) is 0 Å². The molecule has 4 rings (SSSR count). The summed E-state index contributed by atoms with van der Waals surface area (Å²) in [4.78, 5) is 12.6. The number of fused-ring (bicyclic) bond motifs is 1. The van der Waals surface area contributed by atoms with Crippen LogP contribution in [0.1, 0.15) is 24.2 Å². The van der Waals surface area contributed by atoms with E-state index in [4.69, 9.17) is 43.7 Å². The lowest BCUT2D eigenvalue weighted by Crippen LogP contribution is -2.13. The lowest BCUT2D eigenvalue weighted by atomic mass is 10.1. The first-order valence-corrected chi connectivity index (χ1v) is 15.6. The molecule has 4 aromatic rings. The summed E-state index contributed by atoms with van der Waals surface area (Å²) in [5.41, 5.74) is 5.56. The van der Waals surface area contributed by atoms with Gasteiger partial charge in [0, 0.05) is 22.4 Å². The molecular weight excluding hydrogens is 675 g/mol. The van der Waals surface area contributed by atoms with Gasteiger partial charge < -0.3 is 25.6 Å². The number of nitrogens with two attached hydrogens (primary N) is 1. The summed E-state index contributed by atoms with van der Waals surface area (Å²) in [6.45, 7) is 3.96. The number of phenolic OH excluding ortho intramolecular Hbond substituents is 1. The van der Waals surface area contributed by atoms with Gasteiger partial charge in [0.05, 0.1) is 52.2 Å². The number of nitrogen functional groups attached to an aromatic ring is 1. The van der Waals surface area contributed by atoms with E-state index < -0.39 is 32.4 Å². The van der Waals surface area contributed by atoms with Crippen molar-refractivity contribution in [1.29, 1.82) is 0 Å². The van der Waals surface area contributed by atoms with Gasteiger partial charge in [-0.1, -0.05) is 34.3 Å². The molecule has 14 nitrogen and oxygen atoms in total. The predicted octanol–water partition coefficient (Wildman–Crippen LogP) is 7.57. The molecule has 0 atom stereocenters. The van der Waals surface area contributed by atoms with Gasteiger partial charge in [-0.05, 0) is 49.6 Å². The van der Waals surface area contributed by atoms with Crippen molar-refractivity contribution in [2.75, 3.05) is 24.3 Å². The van der Waals surface area contributed by atoms with Gasteiger partial charge in [-0.3, -0.25) is 9.35 Å². The normalized spacial score (nSPS) is 11.7. The number of hydrogen-bond acceptors (Lipinski definition) is 13. The molecule has 0 spiro atoms. The van der Waals surface area contributed by atoms with Crippen molar-refractivity contribution in [3.63, 3.8) is 0 Å². The second kappa shape index (κ2) is 14.5. The maximum atomic E-state index is 13.2. The number of carbonyl (C=O) groups is 1. The Morgan fingerprint density at radius 1 is 1.04 bits per heavy atom. The van der Waals surface area contributed by atoms with Crippen LogP contribution in [0.5, 0.6) is 17.2 Å². The monoisotopic (exact) mass is 698 g/mol. The third kappa shape index (κ3) is 7.69. The predicted molar refractivity (Wildman–Crippen MR) is 168 cm³/mol. The van der Waals surface area contributed by atoms with Gasteiger partial charge in [-0.25, -0.2) is 5.26 Å². The first kappa shape index (κ1) is 34.0. The largest absolute Gasteiger partial charge is 0.505 e. The van der Waals surface area contributed by atoms with Crippen LogP contribution in [0.3, 0.4) is 0 Å². The zero-order valence-electron chi connectivity index (χ0n) is 23.3. The van der Waals surface area contributed by atoms with E-state index in [0.29, 0.717) is 12.0 Å². The van der Waals surface area contributed by atoms with Crippen LogP contribution in [-0.2, 0) is 19.5 Å². The first-order chi connectivity index (χ1) is 21.4.